The molecular weight excluding hydrogens is 424 g/mol. The number of carbonyl (C=O) groups excluding carboxylic acids is 2. The van der Waals surface area contributed by atoms with E-state index in [0.29, 0.717) is 38.3 Å². The first-order chi connectivity index (χ1) is 16.6. The number of anilines is 1. The number of hydrogen-bond donors (Lipinski definition) is 1. The van der Waals surface area contributed by atoms with Gasteiger partial charge in [0.15, 0.2) is 0 Å². The monoisotopic (exact) mass is 452 g/mol. The molecule has 0 spiro atoms. The van der Waals surface area contributed by atoms with Crippen molar-refractivity contribution in [3.8, 4) is 0 Å². The van der Waals surface area contributed by atoms with Gasteiger partial charge in [-0.25, -0.2) is 4.68 Å². The molecule has 0 atom stereocenters. The smallest absolute Gasteiger partial charge is 0.254 e. The van der Waals surface area contributed by atoms with Gasteiger partial charge >= 0.3 is 0 Å². The van der Waals surface area contributed by atoms with Crippen molar-refractivity contribution in [2.75, 3.05) is 18.4 Å². The van der Waals surface area contributed by atoms with Crippen LogP contribution in [0.4, 0.5) is 5.82 Å². The van der Waals surface area contributed by atoms with Gasteiger partial charge in [0, 0.05) is 30.6 Å². The molecule has 0 bridgehead atoms. The van der Waals surface area contributed by atoms with Gasteiger partial charge in [0.25, 0.3) is 5.91 Å². The fraction of sp³-hybridized carbons (Fsp3) is 0.250. The second-order valence-electron chi connectivity index (χ2n) is 8.94. The highest BCUT2D eigenvalue weighted by Crippen LogP contribution is 2.24. The van der Waals surface area contributed by atoms with Crippen molar-refractivity contribution in [2.24, 2.45) is 5.92 Å². The number of rotatable bonds is 5. The summed E-state index contributed by atoms with van der Waals surface area (Å²) in [7, 11) is 0. The van der Waals surface area contributed by atoms with Crippen molar-refractivity contribution in [3.63, 3.8) is 0 Å². The van der Waals surface area contributed by atoms with Crippen molar-refractivity contribution in [3.05, 3.63) is 95.7 Å². The summed E-state index contributed by atoms with van der Waals surface area (Å²) in [6.45, 7) is 3.80. The van der Waals surface area contributed by atoms with Crippen LogP contribution in [0.2, 0.25) is 0 Å². The summed E-state index contributed by atoms with van der Waals surface area (Å²) in [6.07, 6.45) is 3.00. The maximum atomic E-state index is 13.2. The van der Waals surface area contributed by atoms with Crippen LogP contribution in [0.3, 0.4) is 0 Å². The lowest BCUT2D eigenvalue weighted by atomic mass is 9.95. The molecule has 2 amide bonds. The molecule has 6 heteroatoms. The Hall–Kier alpha value is -3.93. The third-order valence-electron chi connectivity index (χ3n) is 6.59. The van der Waals surface area contributed by atoms with E-state index in [2.05, 4.69) is 41.6 Å². The molecule has 0 saturated carbocycles. The third kappa shape index (κ3) is 4.57. The van der Waals surface area contributed by atoms with E-state index in [4.69, 9.17) is 0 Å². The molecule has 0 aliphatic carbocycles. The number of carbonyl (C=O) groups is 2. The van der Waals surface area contributed by atoms with Gasteiger partial charge in [-0.2, -0.15) is 5.10 Å². The predicted octanol–water partition coefficient (Wildman–Crippen LogP) is 4.88. The van der Waals surface area contributed by atoms with Crippen LogP contribution in [-0.4, -0.2) is 39.6 Å². The first kappa shape index (κ1) is 21.9. The van der Waals surface area contributed by atoms with Crippen LogP contribution >= 0.6 is 0 Å². The van der Waals surface area contributed by atoms with E-state index >= 15 is 0 Å². The van der Waals surface area contributed by atoms with Gasteiger partial charge in [-0.1, -0.05) is 66.2 Å². The number of fused-ring (bicyclic) bond motifs is 1. The zero-order valence-corrected chi connectivity index (χ0v) is 19.3. The standard InChI is InChI=1S/C28H28N4O2/c1-20-9-11-21(12-10-20)19-32-26(13-16-29-32)30-27(33)23-14-17-31(18-15-23)28(34)25-8-4-6-22-5-2-3-7-24(22)25/h2-13,16,23H,14-15,17-19H2,1H3,(H,30,33). The molecule has 1 N–H and O–H groups in total. The van der Waals surface area contributed by atoms with Crippen molar-refractivity contribution in [2.45, 2.75) is 26.3 Å². The molecule has 1 fully saturated rings. The highest BCUT2D eigenvalue weighted by atomic mass is 16.2. The molecule has 3 aromatic carbocycles. The Morgan fingerprint density at radius 3 is 2.47 bits per heavy atom. The Morgan fingerprint density at radius 1 is 0.941 bits per heavy atom. The quantitative estimate of drug-likeness (QED) is 0.469. The van der Waals surface area contributed by atoms with Gasteiger partial charge in [-0.05, 0) is 42.2 Å². The number of hydrogen-bond acceptors (Lipinski definition) is 3. The largest absolute Gasteiger partial charge is 0.339 e. The van der Waals surface area contributed by atoms with E-state index in [9.17, 15) is 9.59 Å². The number of benzene rings is 3. The molecule has 6 nitrogen and oxygen atoms in total. The summed E-state index contributed by atoms with van der Waals surface area (Å²) in [5, 5.41) is 9.45. The lowest BCUT2D eigenvalue weighted by molar-refractivity contribution is -0.121. The predicted molar refractivity (Wildman–Crippen MR) is 134 cm³/mol. The normalized spacial score (nSPS) is 14.3. The number of aromatic nitrogens is 2. The Balaban J connectivity index is 1.20. The number of aryl methyl sites for hydroxylation is 1. The minimum Gasteiger partial charge on any atom is -0.339 e. The van der Waals surface area contributed by atoms with Crippen LogP contribution in [0.1, 0.15) is 34.3 Å². The van der Waals surface area contributed by atoms with E-state index in [1.165, 1.54) is 5.56 Å². The van der Waals surface area contributed by atoms with Gasteiger partial charge in [-0.15, -0.1) is 0 Å². The van der Waals surface area contributed by atoms with Crippen LogP contribution in [-0.2, 0) is 11.3 Å². The number of nitrogens with zero attached hydrogens (tertiary/aromatic N) is 3. The van der Waals surface area contributed by atoms with Crippen molar-refractivity contribution >= 4 is 28.4 Å². The number of amides is 2. The van der Waals surface area contributed by atoms with Gasteiger partial charge in [0.1, 0.15) is 5.82 Å². The Kier molecular flexibility index (Phi) is 6.12. The van der Waals surface area contributed by atoms with Crippen molar-refractivity contribution in [1.29, 1.82) is 0 Å². The van der Waals surface area contributed by atoms with Crippen LogP contribution in [0.5, 0.6) is 0 Å². The first-order valence-corrected chi connectivity index (χ1v) is 11.7. The number of piperidine rings is 1. The highest BCUT2D eigenvalue weighted by molar-refractivity contribution is 6.07. The molecule has 1 aromatic heterocycles. The second kappa shape index (κ2) is 9.51. The van der Waals surface area contributed by atoms with Crippen molar-refractivity contribution in [1.82, 2.24) is 14.7 Å². The summed E-state index contributed by atoms with van der Waals surface area (Å²) in [4.78, 5) is 28.0. The van der Waals surface area contributed by atoms with E-state index in [0.717, 1.165) is 21.9 Å². The number of likely N-dealkylation sites (tertiary alicyclic amines) is 1. The first-order valence-electron chi connectivity index (χ1n) is 11.7. The van der Waals surface area contributed by atoms with Gasteiger partial charge in [-0.3, -0.25) is 9.59 Å². The Morgan fingerprint density at radius 2 is 1.68 bits per heavy atom. The summed E-state index contributed by atoms with van der Waals surface area (Å²) in [5.74, 6) is 0.592. The molecule has 1 saturated heterocycles. The van der Waals surface area contributed by atoms with Gasteiger partial charge in [0.05, 0.1) is 12.7 Å². The molecule has 4 aromatic rings. The topological polar surface area (TPSA) is 67.2 Å². The van der Waals surface area contributed by atoms with Crippen LogP contribution in [0, 0.1) is 12.8 Å². The highest BCUT2D eigenvalue weighted by Gasteiger charge is 2.29. The average molecular weight is 453 g/mol. The van der Waals surface area contributed by atoms with Crippen LogP contribution in [0.15, 0.2) is 79.0 Å². The molecule has 34 heavy (non-hydrogen) atoms. The molecule has 0 unspecified atom stereocenters. The zero-order valence-electron chi connectivity index (χ0n) is 19.3. The number of nitrogens with one attached hydrogen (secondary N) is 1. The second-order valence-corrected chi connectivity index (χ2v) is 8.94. The van der Waals surface area contributed by atoms with Gasteiger partial charge < -0.3 is 10.2 Å². The average Bonchev–Trinajstić information content (AvgIpc) is 3.31. The molecule has 1 aliphatic rings. The molecule has 5 rings (SSSR count). The lowest BCUT2D eigenvalue weighted by Crippen LogP contribution is -2.41. The SMILES string of the molecule is Cc1ccc(Cn2nccc2NC(=O)C2CCN(C(=O)c3cccc4ccccc34)CC2)cc1. The van der Waals surface area contributed by atoms with Crippen molar-refractivity contribution < 1.29 is 9.59 Å². The van der Waals surface area contributed by atoms with E-state index < -0.39 is 0 Å². The zero-order chi connectivity index (χ0) is 23.5. The van der Waals surface area contributed by atoms with E-state index in [1.807, 2.05) is 58.1 Å². The van der Waals surface area contributed by atoms with Gasteiger partial charge in [0.2, 0.25) is 5.91 Å². The lowest BCUT2D eigenvalue weighted by Gasteiger charge is -2.31. The summed E-state index contributed by atoms with van der Waals surface area (Å²) < 4.78 is 1.81. The summed E-state index contributed by atoms with van der Waals surface area (Å²) >= 11 is 0. The maximum Gasteiger partial charge on any atom is 0.254 e. The fourth-order valence-corrected chi connectivity index (χ4v) is 4.59. The summed E-state index contributed by atoms with van der Waals surface area (Å²) in [5.41, 5.74) is 3.06. The minimum absolute atomic E-state index is 0.0112. The molecule has 0 radical (unpaired) electrons. The Labute approximate surface area is 199 Å². The summed E-state index contributed by atoms with van der Waals surface area (Å²) in [6, 6.07) is 23.9. The van der Waals surface area contributed by atoms with E-state index in [1.54, 1.807) is 6.20 Å². The fourth-order valence-electron chi connectivity index (χ4n) is 4.59. The third-order valence-corrected chi connectivity index (χ3v) is 6.59. The molecule has 172 valence electrons. The minimum atomic E-state index is -0.126. The van der Waals surface area contributed by atoms with Crippen LogP contribution < -0.4 is 5.32 Å². The molecule has 2 heterocycles. The maximum absolute atomic E-state index is 13.2. The Bertz CT molecular complexity index is 1310. The molecule has 1 aliphatic heterocycles. The van der Waals surface area contributed by atoms with Crippen LogP contribution in [0.25, 0.3) is 10.8 Å². The molecular formula is C28H28N4O2. The van der Waals surface area contributed by atoms with E-state index in [-0.39, 0.29) is 17.7 Å².